The Labute approximate surface area is 136 Å². The molecule has 23 heavy (non-hydrogen) atoms. The van der Waals surface area contributed by atoms with E-state index in [0.29, 0.717) is 11.0 Å². The second-order valence-corrected chi connectivity index (χ2v) is 5.59. The van der Waals surface area contributed by atoms with Crippen LogP contribution in [0.2, 0.25) is 5.02 Å². The van der Waals surface area contributed by atoms with Gasteiger partial charge in [0.25, 0.3) is 0 Å². The highest BCUT2D eigenvalue weighted by molar-refractivity contribution is 6.30. The number of anilines is 1. The summed E-state index contributed by atoms with van der Waals surface area (Å²) in [6.45, 7) is 0. The summed E-state index contributed by atoms with van der Waals surface area (Å²) in [6.07, 6.45) is 2.00. The quantitative estimate of drug-likeness (QED) is 0.782. The Morgan fingerprint density at radius 1 is 1.04 bits per heavy atom. The molecule has 1 N–H and O–H groups in total. The van der Waals surface area contributed by atoms with Crippen molar-refractivity contribution >= 4 is 23.2 Å². The molecule has 0 saturated heterocycles. The standard InChI is InChI=1S/C16H11ClFN5/c17-12-5-1-10(2-6-12)14-9-15(11-3-7-13(18)8-4-11)23-16(19-14)20-21-22-23/h1-9,15H,(H,19,20,22). The summed E-state index contributed by atoms with van der Waals surface area (Å²) < 4.78 is 14.8. The highest BCUT2D eigenvalue weighted by Gasteiger charge is 2.24. The van der Waals surface area contributed by atoms with E-state index in [0.717, 1.165) is 16.8 Å². The number of hydrogen-bond donors (Lipinski definition) is 1. The molecule has 1 aliphatic rings. The number of nitrogens with one attached hydrogen (secondary N) is 1. The van der Waals surface area contributed by atoms with E-state index in [1.165, 1.54) is 12.1 Å². The zero-order valence-corrected chi connectivity index (χ0v) is 12.6. The predicted octanol–water partition coefficient (Wildman–Crippen LogP) is 3.52. The smallest absolute Gasteiger partial charge is 0.248 e. The van der Waals surface area contributed by atoms with Crippen LogP contribution in [0.5, 0.6) is 0 Å². The minimum absolute atomic E-state index is 0.215. The van der Waals surface area contributed by atoms with Crippen molar-refractivity contribution in [2.45, 2.75) is 6.04 Å². The van der Waals surface area contributed by atoms with Gasteiger partial charge in [0, 0.05) is 10.7 Å². The topological polar surface area (TPSA) is 55.6 Å². The summed E-state index contributed by atoms with van der Waals surface area (Å²) >= 11 is 5.94. The maximum Gasteiger partial charge on any atom is 0.248 e. The lowest BCUT2D eigenvalue weighted by atomic mass is 10.0. The lowest BCUT2D eigenvalue weighted by Crippen LogP contribution is -2.20. The van der Waals surface area contributed by atoms with Crippen LogP contribution in [0.1, 0.15) is 17.2 Å². The van der Waals surface area contributed by atoms with Gasteiger partial charge < -0.3 is 5.32 Å². The minimum atomic E-state index is -0.276. The molecule has 3 aromatic rings. The fourth-order valence-electron chi connectivity index (χ4n) is 2.55. The van der Waals surface area contributed by atoms with Gasteiger partial charge in [-0.15, -0.1) is 0 Å². The number of tetrazole rings is 1. The molecule has 0 amide bonds. The number of nitrogens with zero attached hydrogens (tertiary/aromatic N) is 4. The molecule has 1 aromatic heterocycles. The van der Waals surface area contributed by atoms with Crippen LogP contribution in [0.4, 0.5) is 10.3 Å². The predicted molar refractivity (Wildman–Crippen MR) is 85.4 cm³/mol. The normalized spacial score (nSPS) is 16.4. The van der Waals surface area contributed by atoms with Crippen molar-refractivity contribution in [1.82, 2.24) is 20.2 Å². The number of fused-ring (bicyclic) bond motifs is 1. The van der Waals surface area contributed by atoms with E-state index < -0.39 is 0 Å². The molecule has 0 fully saturated rings. The first-order valence-corrected chi connectivity index (χ1v) is 7.36. The van der Waals surface area contributed by atoms with Crippen LogP contribution >= 0.6 is 11.6 Å². The third kappa shape index (κ3) is 2.57. The molecular weight excluding hydrogens is 317 g/mol. The first kappa shape index (κ1) is 13.9. The summed E-state index contributed by atoms with van der Waals surface area (Å²) in [5, 5.41) is 15.6. The highest BCUT2D eigenvalue weighted by Crippen LogP contribution is 2.31. The van der Waals surface area contributed by atoms with Crippen molar-refractivity contribution in [3.63, 3.8) is 0 Å². The van der Waals surface area contributed by atoms with Gasteiger partial charge >= 0.3 is 0 Å². The Kier molecular flexibility index (Phi) is 3.31. The summed E-state index contributed by atoms with van der Waals surface area (Å²) in [5.41, 5.74) is 2.74. The van der Waals surface area contributed by atoms with Gasteiger partial charge in [-0.05, 0) is 51.9 Å². The first-order chi connectivity index (χ1) is 11.2. The molecule has 0 bridgehead atoms. The van der Waals surface area contributed by atoms with E-state index in [1.54, 1.807) is 16.8 Å². The maximum atomic E-state index is 13.2. The van der Waals surface area contributed by atoms with Crippen LogP contribution in [0, 0.1) is 5.82 Å². The van der Waals surface area contributed by atoms with E-state index in [4.69, 9.17) is 11.6 Å². The number of halogens is 2. The molecule has 1 atom stereocenters. The van der Waals surface area contributed by atoms with Crippen molar-refractivity contribution in [3.05, 3.63) is 76.6 Å². The third-order valence-corrected chi connectivity index (χ3v) is 3.95. The number of allylic oxidation sites excluding steroid dienone is 1. The molecule has 4 rings (SSSR count). The minimum Gasteiger partial charge on any atom is -0.323 e. The van der Waals surface area contributed by atoms with E-state index in [9.17, 15) is 4.39 Å². The Balaban J connectivity index is 1.79. The SMILES string of the molecule is Fc1ccc(C2C=C(c3ccc(Cl)cc3)Nc3nnnn32)cc1. The number of benzene rings is 2. The second-order valence-electron chi connectivity index (χ2n) is 5.16. The van der Waals surface area contributed by atoms with Gasteiger partial charge in [0.05, 0.1) is 0 Å². The van der Waals surface area contributed by atoms with Crippen molar-refractivity contribution in [2.24, 2.45) is 0 Å². The van der Waals surface area contributed by atoms with Gasteiger partial charge in [-0.25, -0.2) is 4.39 Å². The van der Waals surface area contributed by atoms with E-state index >= 15 is 0 Å². The summed E-state index contributed by atoms with van der Waals surface area (Å²) in [5.74, 6) is 0.258. The molecule has 114 valence electrons. The van der Waals surface area contributed by atoms with Crippen LogP contribution in [0.25, 0.3) is 5.70 Å². The molecule has 0 aliphatic carbocycles. The number of rotatable bonds is 2. The van der Waals surface area contributed by atoms with Gasteiger partial charge in [0.1, 0.15) is 11.9 Å². The lowest BCUT2D eigenvalue weighted by Gasteiger charge is -2.23. The van der Waals surface area contributed by atoms with Gasteiger partial charge in [0.2, 0.25) is 5.95 Å². The Morgan fingerprint density at radius 2 is 1.78 bits per heavy atom. The van der Waals surface area contributed by atoms with E-state index in [1.807, 2.05) is 30.3 Å². The zero-order valence-electron chi connectivity index (χ0n) is 11.8. The van der Waals surface area contributed by atoms with Crippen LogP contribution in [-0.2, 0) is 0 Å². The molecular formula is C16H11ClFN5. The Bertz CT molecular complexity index is 870. The molecule has 1 unspecified atom stereocenters. The number of hydrogen-bond acceptors (Lipinski definition) is 4. The van der Waals surface area contributed by atoms with Crippen molar-refractivity contribution < 1.29 is 4.39 Å². The van der Waals surface area contributed by atoms with Crippen molar-refractivity contribution in [2.75, 3.05) is 5.32 Å². The maximum absolute atomic E-state index is 13.2. The van der Waals surface area contributed by atoms with Crippen LogP contribution < -0.4 is 5.32 Å². The summed E-state index contributed by atoms with van der Waals surface area (Å²) in [4.78, 5) is 0. The van der Waals surface area contributed by atoms with Crippen molar-refractivity contribution in [3.8, 4) is 0 Å². The monoisotopic (exact) mass is 327 g/mol. The Hall–Kier alpha value is -2.73. The van der Waals surface area contributed by atoms with Gasteiger partial charge in [-0.2, -0.15) is 4.68 Å². The molecule has 7 heteroatoms. The fourth-order valence-corrected chi connectivity index (χ4v) is 2.68. The van der Waals surface area contributed by atoms with E-state index in [2.05, 4.69) is 20.8 Å². The average molecular weight is 328 g/mol. The van der Waals surface area contributed by atoms with E-state index in [-0.39, 0.29) is 11.9 Å². The number of aromatic nitrogens is 4. The highest BCUT2D eigenvalue weighted by atomic mass is 35.5. The third-order valence-electron chi connectivity index (χ3n) is 3.69. The summed E-state index contributed by atoms with van der Waals surface area (Å²) in [6, 6.07) is 13.6. The molecule has 0 spiro atoms. The first-order valence-electron chi connectivity index (χ1n) is 6.99. The molecule has 1 aliphatic heterocycles. The van der Waals surface area contributed by atoms with Gasteiger partial charge in [-0.3, -0.25) is 0 Å². The van der Waals surface area contributed by atoms with Gasteiger partial charge in [-0.1, -0.05) is 41.0 Å². The molecule has 5 nitrogen and oxygen atoms in total. The molecule has 2 heterocycles. The Morgan fingerprint density at radius 3 is 2.52 bits per heavy atom. The average Bonchev–Trinajstić information content (AvgIpc) is 3.04. The van der Waals surface area contributed by atoms with Crippen LogP contribution in [0.3, 0.4) is 0 Å². The molecule has 2 aromatic carbocycles. The largest absolute Gasteiger partial charge is 0.323 e. The van der Waals surface area contributed by atoms with Crippen LogP contribution in [-0.4, -0.2) is 20.2 Å². The molecule has 0 saturated carbocycles. The zero-order chi connectivity index (χ0) is 15.8. The molecule has 0 radical (unpaired) electrons. The second kappa shape index (κ2) is 5.48. The van der Waals surface area contributed by atoms with Crippen LogP contribution in [0.15, 0.2) is 54.6 Å². The fraction of sp³-hybridized carbons (Fsp3) is 0.0625. The summed E-state index contributed by atoms with van der Waals surface area (Å²) in [7, 11) is 0. The van der Waals surface area contributed by atoms with Crippen molar-refractivity contribution in [1.29, 1.82) is 0 Å². The van der Waals surface area contributed by atoms with Gasteiger partial charge in [0.15, 0.2) is 0 Å². The lowest BCUT2D eigenvalue weighted by molar-refractivity contribution is 0.582.